The number of hydrogen-bond donors (Lipinski definition) is 2. The number of nitrogens with one attached hydrogen (secondary N) is 2. The Balaban J connectivity index is 1.93. The van der Waals surface area contributed by atoms with E-state index in [-0.39, 0.29) is 18.5 Å². The van der Waals surface area contributed by atoms with Crippen molar-refractivity contribution >= 4 is 17.5 Å². The SMILES string of the molecule is CCCC(NC(=O)N1CC=C(c2cccnc2)CC1)C(=O)NCC#N. The summed E-state index contributed by atoms with van der Waals surface area (Å²) >= 11 is 0. The number of carbonyl (C=O) groups is 2. The molecule has 0 aromatic carbocycles. The van der Waals surface area contributed by atoms with E-state index in [4.69, 9.17) is 5.26 Å². The molecule has 3 amide bonds. The number of hydrogen-bond acceptors (Lipinski definition) is 4. The van der Waals surface area contributed by atoms with Crippen LogP contribution in [0.4, 0.5) is 4.79 Å². The number of amides is 3. The molecule has 0 bridgehead atoms. The van der Waals surface area contributed by atoms with Crippen LogP contribution in [0.25, 0.3) is 5.57 Å². The second-order valence-corrected chi connectivity index (χ2v) is 5.83. The summed E-state index contributed by atoms with van der Waals surface area (Å²) in [7, 11) is 0. The molecule has 7 nitrogen and oxygen atoms in total. The zero-order chi connectivity index (χ0) is 18.1. The first-order valence-electron chi connectivity index (χ1n) is 8.45. The molecule has 0 aliphatic carbocycles. The number of rotatable bonds is 6. The second kappa shape index (κ2) is 9.42. The summed E-state index contributed by atoms with van der Waals surface area (Å²) in [5, 5.41) is 13.8. The van der Waals surface area contributed by atoms with Gasteiger partial charge in [0.2, 0.25) is 5.91 Å². The molecule has 1 aliphatic heterocycles. The van der Waals surface area contributed by atoms with Crippen LogP contribution in [0, 0.1) is 11.3 Å². The van der Waals surface area contributed by atoms with Crippen LogP contribution in [0.1, 0.15) is 31.7 Å². The number of aromatic nitrogens is 1. The van der Waals surface area contributed by atoms with E-state index in [2.05, 4.69) is 15.6 Å². The van der Waals surface area contributed by atoms with E-state index in [0.717, 1.165) is 18.4 Å². The average molecular weight is 341 g/mol. The van der Waals surface area contributed by atoms with Crippen molar-refractivity contribution in [1.82, 2.24) is 20.5 Å². The van der Waals surface area contributed by atoms with Crippen molar-refractivity contribution < 1.29 is 9.59 Å². The molecule has 1 aromatic rings. The predicted octanol–water partition coefficient (Wildman–Crippen LogP) is 1.69. The number of nitrogens with zero attached hydrogens (tertiary/aromatic N) is 3. The van der Waals surface area contributed by atoms with Crippen LogP contribution in [-0.2, 0) is 4.79 Å². The zero-order valence-electron chi connectivity index (χ0n) is 14.4. The van der Waals surface area contributed by atoms with E-state index < -0.39 is 6.04 Å². The zero-order valence-corrected chi connectivity index (χ0v) is 14.4. The highest BCUT2D eigenvalue weighted by atomic mass is 16.2. The Morgan fingerprint density at radius 1 is 1.48 bits per heavy atom. The highest BCUT2D eigenvalue weighted by Gasteiger charge is 2.24. The summed E-state index contributed by atoms with van der Waals surface area (Å²) in [5.41, 5.74) is 2.25. The average Bonchev–Trinajstić information content (AvgIpc) is 2.66. The summed E-state index contributed by atoms with van der Waals surface area (Å²) in [4.78, 5) is 30.3. The monoisotopic (exact) mass is 341 g/mol. The third-order valence-electron chi connectivity index (χ3n) is 4.06. The topological polar surface area (TPSA) is 98.1 Å². The van der Waals surface area contributed by atoms with Crippen molar-refractivity contribution in [3.63, 3.8) is 0 Å². The summed E-state index contributed by atoms with van der Waals surface area (Å²) in [6.45, 7) is 2.97. The van der Waals surface area contributed by atoms with Gasteiger partial charge in [0, 0.05) is 25.5 Å². The van der Waals surface area contributed by atoms with Crippen LogP contribution < -0.4 is 10.6 Å². The Morgan fingerprint density at radius 2 is 2.32 bits per heavy atom. The van der Waals surface area contributed by atoms with Crippen LogP contribution in [0.5, 0.6) is 0 Å². The van der Waals surface area contributed by atoms with Crippen molar-refractivity contribution in [2.24, 2.45) is 0 Å². The van der Waals surface area contributed by atoms with E-state index in [0.29, 0.717) is 19.5 Å². The minimum absolute atomic E-state index is 0.0597. The summed E-state index contributed by atoms with van der Waals surface area (Å²) in [6, 6.07) is 4.89. The van der Waals surface area contributed by atoms with Gasteiger partial charge in [0.1, 0.15) is 12.6 Å². The van der Waals surface area contributed by atoms with Crippen molar-refractivity contribution in [2.75, 3.05) is 19.6 Å². The lowest BCUT2D eigenvalue weighted by Crippen LogP contribution is -2.52. The molecule has 0 spiro atoms. The number of pyridine rings is 1. The van der Waals surface area contributed by atoms with Gasteiger partial charge < -0.3 is 15.5 Å². The van der Waals surface area contributed by atoms with Crippen LogP contribution in [0.15, 0.2) is 30.6 Å². The molecule has 132 valence electrons. The highest BCUT2D eigenvalue weighted by molar-refractivity contribution is 5.87. The smallest absolute Gasteiger partial charge is 0.318 e. The van der Waals surface area contributed by atoms with Crippen LogP contribution in [0.2, 0.25) is 0 Å². The summed E-state index contributed by atoms with van der Waals surface area (Å²) < 4.78 is 0. The Morgan fingerprint density at radius 3 is 2.92 bits per heavy atom. The first-order chi connectivity index (χ1) is 12.2. The molecule has 2 rings (SSSR count). The quantitative estimate of drug-likeness (QED) is 0.769. The Kier molecular flexibility index (Phi) is 6.96. The molecule has 2 N–H and O–H groups in total. The number of carbonyl (C=O) groups excluding carboxylic acids is 2. The maximum absolute atomic E-state index is 12.4. The lowest BCUT2D eigenvalue weighted by Gasteiger charge is -2.28. The second-order valence-electron chi connectivity index (χ2n) is 5.83. The first kappa shape index (κ1) is 18.5. The van der Waals surface area contributed by atoms with Gasteiger partial charge in [0.15, 0.2) is 0 Å². The lowest BCUT2D eigenvalue weighted by molar-refractivity contribution is -0.122. The highest BCUT2D eigenvalue weighted by Crippen LogP contribution is 2.21. The Bertz CT molecular complexity index is 666. The van der Waals surface area contributed by atoms with Gasteiger partial charge in [0.25, 0.3) is 0 Å². The standard InChI is InChI=1S/C18H23N5O2/c1-2-4-16(17(24)21-10-8-19)22-18(25)23-11-6-14(7-12-23)15-5-3-9-20-13-15/h3,5-6,9,13,16H,2,4,7,10-12H2,1H3,(H,21,24)(H,22,25). The van der Waals surface area contributed by atoms with Crippen LogP contribution >= 0.6 is 0 Å². The fraction of sp³-hybridized carbons (Fsp3) is 0.444. The van der Waals surface area contributed by atoms with Gasteiger partial charge in [-0.1, -0.05) is 25.5 Å². The van der Waals surface area contributed by atoms with E-state index in [9.17, 15) is 9.59 Å². The molecule has 0 saturated heterocycles. The fourth-order valence-electron chi connectivity index (χ4n) is 2.72. The minimum Gasteiger partial charge on any atom is -0.341 e. The van der Waals surface area contributed by atoms with Crippen LogP contribution in [-0.4, -0.2) is 47.5 Å². The minimum atomic E-state index is -0.616. The lowest BCUT2D eigenvalue weighted by atomic mass is 10.0. The molecule has 25 heavy (non-hydrogen) atoms. The van der Waals surface area contributed by atoms with Crippen molar-refractivity contribution in [3.05, 3.63) is 36.2 Å². The number of nitriles is 1. The van der Waals surface area contributed by atoms with Crippen molar-refractivity contribution in [3.8, 4) is 6.07 Å². The van der Waals surface area contributed by atoms with Crippen molar-refractivity contribution in [2.45, 2.75) is 32.2 Å². The molecule has 7 heteroatoms. The Labute approximate surface area is 147 Å². The molecule has 1 unspecified atom stereocenters. The van der Waals surface area contributed by atoms with E-state index in [1.165, 1.54) is 5.57 Å². The molecule has 1 aromatic heterocycles. The third kappa shape index (κ3) is 5.31. The van der Waals surface area contributed by atoms with E-state index in [1.54, 1.807) is 11.1 Å². The number of urea groups is 1. The Hall–Kier alpha value is -2.88. The molecule has 1 aliphatic rings. The van der Waals surface area contributed by atoms with Gasteiger partial charge in [-0.3, -0.25) is 9.78 Å². The maximum atomic E-state index is 12.4. The molecular weight excluding hydrogens is 318 g/mol. The van der Waals surface area contributed by atoms with Gasteiger partial charge in [-0.25, -0.2) is 4.79 Å². The largest absolute Gasteiger partial charge is 0.341 e. The van der Waals surface area contributed by atoms with Gasteiger partial charge in [-0.05, 0) is 30.0 Å². The van der Waals surface area contributed by atoms with Gasteiger partial charge >= 0.3 is 6.03 Å². The predicted molar refractivity (Wildman–Crippen MR) is 94.3 cm³/mol. The van der Waals surface area contributed by atoms with E-state index in [1.807, 2.05) is 37.4 Å². The normalized spacial score (nSPS) is 14.9. The fourth-order valence-corrected chi connectivity index (χ4v) is 2.72. The molecule has 1 atom stereocenters. The molecule has 0 saturated carbocycles. The molecule has 2 heterocycles. The van der Waals surface area contributed by atoms with Gasteiger partial charge in [-0.15, -0.1) is 0 Å². The van der Waals surface area contributed by atoms with Crippen molar-refractivity contribution in [1.29, 1.82) is 5.26 Å². The molecular formula is C18H23N5O2. The summed E-state index contributed by atoms with van der Waals surface area (Å²) in [6.07, 6.45) is 7.61. The van der Waals surface area contributed by atoms with Gasteiger partial charge in [-0.2, -0.15) is 5.26 Å². The van der Waals surface area contributed by atoms with Gasteiger partial charge in [0.05, 0.1) is 6.07 Å². The molecule has 0 radical (unpaired) electrons. The van der Waals surface area contributed by atoms with Crippen LogP contribution in [0.3, 0.4) is 0 Å². The third-order valence-corrected chi connectivity index (χ3v) is 4.06. The van der Waals surface area contributed by atoms with E-state index >= 15 is 0 Å². The summed E-state index contributed by atoms with van der Waals surface area (Å²) in [5.74, 6) is -0.319. The maximum Gasteiger partial charge on any atom is 0.318 e. The first-order valence-corrected chi connectivity index (χ1v) is 8.45. The molecule has 0 fully saturated rings.